The van der Waals surface area contributed by atoms with Crippen LogP contribution < -0.4 is 17.0 Å². The maximum Gasteiger partial charge on any atom is 0.241 e. The van der Waals surface area contributed by atoms with Crippen LogP contribution in [0.2, 0.25) is 0 Å². The molecule has 2 aromatic rings. The quantitative estimate of drug-likeness (QED) is 0.320. The number of rotatable bonds is 2. The van der Waals surface area contributed by atoms with Gasteiger partial charge in [0.2, 0.25) is 5.95 Å². The number of nitrogens with zero attached hydrogens (tertiary/aromatic N) is 4. The first-order valence-electron chi connectivity index (χ1n) is 6.01. The average Bonchev–Trinajstić information content (AvgIpc) is 2.96. The molecule has 1 saturated heterocycles. The lowest BCUT2D eigenvalue weighted by Crippen LogP contribution is -2.30. The fraction of sp³-hybridized carbons (Fsp3) is 0.500. The molecule has 10 heteroatoms. The molecule has 0 spiro atoms. The van der Waals surface area contributed by atoms with Gasteiger partial charge in [0.25, 0.3) is 0 Å². The molecule has 0 aromatic carbocycles. The second-order valence-corrected chi connectivity index (χ2v) is 4.61. The lowest BCUT2D eigenvalue weighted by molar-refractivity contribution is -0.0299. The minimum Gasteiger partial charge on any atom is -0.388 e. The number of aliphatic hydroxyl groups is 2. The molecule has 1 aliphatic rings. The number of nitrogen functional groups attached to an aromatic ring is 2. The number of hydrogen-bond donors (Lipinski definition) is 5. The van der Waals surface area contributed by atoms with Crippen molar-refractivity contribution in [2.24, 2.45) is 5.84 Å². The molecule has 2 aromatic heterocycles. The predicted octanol–water partition coefficient (Wildman–Crippen LogP) is -1.67. The van der Waals surface area contributed by atoms with Crippen LogP contribution in [0.1, 0.15) is 13.2 Å². The second kappa shape index (κ2) is 4.52. The van der Waals surface area contributed by atoms with Crippen LogP contribution in [0.5, 0.6) is 0 Å². The number of nitrogens with one attached hydrogen (secondary N) is 1. The zero-order valence-corrected chi connectivity index (χ0v) is 10.6. The zero-order valence-electron chi connectivity index (χ0n) is 10.6. The summed E-state index contributed by atoms with van der Waals surface area (Å²) in [5.74, 6) is 5.55. The molecule has 0 radical (unpaired) electrons. The summed E-state index contributed by atoms with van der Waals surface area (Å²) in [5, 5.41) is 19.8. The van der Waals surface area contributed by atoms with Crippen molar-refractivity contribution in [2.75, 3.05) is 11.2 Å². The number of nitrogens with two attached hydrogens (primary N) is 2. The van der Waals surface area contributed by atoms with E-state index in [0.29, 0.717) is 11.2 Å². The van der Waals surface area contributed by atoms with Gasteiger partial charge in [-0.2, -0.15) is 9.97 Å². The molecule has 0 unspecified atom stereocenters. The first-order chi connectivity index (χ1) is 9.52. The largest absolute Gasteiger partial charge is 0.388 e. The number of aliphatic hydroxyl groups excluding tert-OH is 2. The van der Waals surface area contributed by atoms with Crippen LogP contribution in [-0.2, 0) is 4.74 Å². The summed E-state index contributed by atoms with van der Waals surface area (Å²) in [5.41, 5.74) is 8.79. The highest BCUT2D eigenvalue weighted by Gasteiger charge is 2.42. The molecule has 108 valence electrons. The molecule has 1 fully saturated rings. The van der Waals surface area contributed by atoms with Gasteiger partial charge in [-0.3, -0.25) is 9.99 Å². The van der Waals surface area contributed by atoms with E-state index in [1.807, 2.05) is 0 Å². The van der Waals surface area contributed by atoms with Crippen LogP contribution in [0.15, 0.2) is 6.33 Å². The molecule has 3 rings (SSSR count). The number of fused-ring (bicyclic) bond motifs is 1. The Morgan fingerprint density at radius 3 is 2.70 bits per heavy atom. The number of imidazole rings is 1. The summed E-state index contributed by atoms with van der Waals surface area (Å²) in [4.78, 5) is 12.1. The Morgan fingerprint density at radius 2 is 2.10 bits per heavy atom. The van der Waals surface area contributed by atoms with Crippen LogP contribution in [0.25, 0.3) is 11.2 Å². The summed E-state index contributed by atoms with van der Waals surface area (Å²) in [6.45, 7) is 1.67. The SMILES string of the molecule is C[C@H]1O[C@@H](n2cnc3c(N)nc(NN)nc32)[C@H](O)[C@@H]1O. The van der Waals surface area contributed by atoms with Gasteiger partial charge in [-0.05, 0) is 6.92 Å². The summed E-state index contributed by atoms with van der Waals surface area (Å²) in [7, 11) is 0. The van der Waals surface area contributed by atoms with Crippen molar-refractivity contribution in [1.29, 1.82) is 0 Å². The second-order valence-electron chi connectivity index (χ2n) is 4.61. The van der Waals surface area contributed by atoms with Crippen LogP contribution in [-0.4, -0.2) is 48.0 Å². The average molecular weight is 281 g/mol. The Morgan fingerprint density at radius 1 is 1.35 bits per heavy atom. The Bertz CT molecular complexity index is 645. The maximum atomic E-state index is 10.0. The highest BCUT2D eigenvalue weighted by molar-refractivity contribution is 5.82. The fourth-order valence-electron chi connectivity index (χ4n) is 2.25. The molecule has 4 atom stereocenters. The van der Waals surface area contributed by atoms with E-state index >= 15 is 0 Å². The molecule has 0 aliphatic carbocycles. The van der Waals surface area contributed by atoms with Gasteiger partial charge >= 0.3 is 0 Å². The van der Waals surface area contributed by atoms with E-state index in [1.165, 1.54) is 10.9 Å². The molecule has 0 amide bonds. The van der Waals surface area contributed by atoms with Crippen LogP contribution >= 0.6 is 0 Å². The Kier molecular flexibility index (Phi) is 2.94. The summed E-state index contributed by atoms with van der Waals surface area (Å²) in [6.07, 6.45) is -1.95. The first-order valence-corrected chi connectivity index (χ1v) is 6.01. The monoisotopic (exact) mass is 281 g/mol. The van der Waals surface area contributed by atoms with Gasteiger partial charge in [-0.15, -0.1) is 0 Å². The maximum absolute atomic E-state index is 10.0. The molecule has 20 heavy (non-hydrogen) atoms. The van der Waals surface area contributed by atoms with Gasteiger partial charge in [0.15, 0.2) is 17.7 Å². The number of anilines is 2. The van der Waals surface area contributed by atoms with Gasteiger partial charge in [0.05, 0.1) is 12.4 Å². The molecule has 3 heterocycles. The van der Waals surface area contributed by atoms with E-state index in [4.69, 9.17) is 16.3 Å². The standard InChI is InChI=1S/C10H15N7O3/c1-3-5(18)6(19)9(20-3)17-2-13-4-7(11)14-10(16-12)15-8(4)17/h2-3,5-6,9,18-19H,12H2,1H3,(H3,11,14,15,16)/t3-,5-,6-,9-/m1/s1. The normalized spacial score (nSPS) is 30.0. The Balaban J connectivity index is 2.11. The van der Waals surface area contributed by atoms with Crippen molar-refractivity contribution in [3.8, 4) is 0 Å². The topological polar surface area (TPSA) is 157 Å². The Hall–Kier alpha value is -2.01. The number of hydrazine groups is 1. The molecule has 10 nitrogen and oxygen atoms in total. The van der Waals surface area contributed by atoms with Crippen molar-refractivity contribution in [3.63, 3.8) is 0 Å². The van der Waals surface area contributed by atoms with Gasteiger partial charge in [-0.1, -0.05) is 0 Å². The molecule has 1 aliphatic heterocycles. The van der Waals surface area contributed by atoms with E-state index in [-0.39, 0.29) is 11.8 Å². The van der Waals surface area contributed by atoms with Crippen molar-refractivity contribution in [1.82, 2.24) is 19.5 Å². The molecule has 0 bridgehead atoms. The smallest absolute Gasteiger partial charge is 0.241 e. The van der Waals surface area contributed by atoms with Gasteiger partial charge in [-0.25, -0.2) is 10.8 Å². The molecule has 7 N–H and O–H groups in total. The molecular formula is C10H15N7O3. The van der Waals surface area contributed by atoms with Gasteiger partial charge in [0.1, 0.15) is 17.7 Å². The van der Waals surface area contributed by atoms with E-state index in [2.05, 4.69) is 20.4 Å². The minimum absolute atomic E-state index is 0.123. The van der Waals surface area contributed by atoms with Crippen LogP contribution in [0.3, 0.4) is 0 Å². The number of aromatic nitrogens is 4. The number of hydrogen-bond acceptors (Lipinski definition) is 9. The minimum atomic E-state index is -1.09. The van der Waals surface area contributed by atoms with Crippen molar-refractivity contribution < 1.29 is 14.9 Å². The lowest BCUT2D eigenvalue weighted by atomic mass is 10.1. The van der Waals surface area contributed by atoms with Crippen molar-refractivity contribution >= 4 is 22.9 Å². The predicted molar refractivity (Wildman–Crippen MR) is 69.1 cm³/mol. The summed E-state index contributed by atoms with van der Waals surface area (Å²) >= 11 is 0. The van der Waals surface area contributed by atoms with E-state index in [0.717, 1.165) is 0 Å². The summed E-state index contributed by atoms with van der Waals surface area (Å²) < 4.78 is 7.01. The molecular weight excluding hydrogens is 266 g/mol. The highest BCUT2D eigenvalue weighted by atomic mass is 16.6. The van der Waals surface area contributed by atoms with Gasteiger partial charge < -0.3 is 20.7 Å². The van der Waals surface area contributed by atoms with E-state index in [9.17, 15) is 10.2 Å². The lowest BCUT2D eigenvalue weighted by Gasteiger charge is -2.16. The van der Waals surface area contributed by atoms with Crippen molar-refractivity contribution in [3.05, 3.63) is 6.33 Å². The molecule has 0 saturated carbocycles. The third-order valence-electron chi connectivity index (χ3n) is 3.33. The third-order valence-corrected chi connectivity index (χ3v) is 3.33. The fourth-order valence-corrected chi connectivity index (χ4v) is 2.25. The highest BCUT2D eigenvalue weighted by Crippen LogP contribution is 2.31. The van der Waals surface area contributed by atoms with E-state index in [1.54, 1.807) is 6.92 Å². The Labute approximate surface area is 113 Å². The third kappa shape index (κ3) is 1.78. The zero-order chi connectivity index (χ0) is 14.4. The van der Waals surface area contributed by atoms with Crippen LogP contribution in [0.4, 0.5) is 11.8 Å². The van der Waals surface area contributed by atoms with Crippen LogP contribution in [0, 0.1) is 0 Å². The first kappa shape index (κ1) is 13.0. The summed E-state index contributed by atoms with van der Waals surface area (Å²) in [6, 6.07) is 0. The van der Waals surface area contributed by atoms with Crippen molar-refractivity contribution in [2.45, 2.75) is 31.5 Å². The van der Waals surface area contributed by atoms with Gasteiger partial charge in [0, 0.05) is 0 Å². The van der Waals surface area contributed by atoms with E-state index < -0.39 is 24.5 Å². The number of ether oxygens (including phenoxy) is 1.